The molecule has 10 nitrogen and oxygen atoms in total. The van der Waals surface area contributed by atoms with Crippen LogP contribution >= 0.6 is 0 Å². The molecule has 0 heterocycles. The monoisotopic (exact) mass is 432 g/mol. The zero-order chi connectivity index (χ0) is 23.9. The number of aliphatic carboxylic acids is 1. The molecule has 0 aromatic heterocycles. The van der Waals surface area contributed by atoms with Crippen LogP contribution in [0.15, 0.2) is 0 Å². The molecule has 0 saturated carbocycles. The van der Waals surface area contributed by atoms with Crippen molar-refractivity contribution in [1.82, 2.24) is 10.2 Å². The van der Waals surface area contributed by atoms with Crippen molar-refractivity contribution in [3.05, 3.63) is 0 Å². The Bertz CT molecular complexity index is 626. The van der Waals surface area contributed by atoms with Crippen molar-refractivity contribution >= 4 is 24.1 Å². The van der Waals surface area contributed by atoms with Crippen molar-refractivity contribution < 1.29 is 38.5 Å². The fourth-order valence-electron chi connectivity index (χ4n) is 2.14. The molecule has 0 aromatic rings. The number of hydrogen-bond acceptors (Lipinski definition) is 7. The first-order valence-corrected chi connectivity index (χ1v) is 9.72. The number of amides is 2. The number of carbonyl (C=O) groups is 4. The van der Waals surface area contributed by atoms with E-state index in [0.29, 0.717) is 0 Å². The summed E-state index contributed by atoms with van der Waals surface area (Å²) < 4.78 is 15.7. The molecule has 0 unspecified atom stereocenters. The van der Waals surface area contributed by atoms with Gasteiger partial charge in [0.25, 0.3) is 0 Å². The van der Waals surface area contributed by atoms with Crippen molar-refractivity contribution in [1.29, 1.82) is 0 Å². The highest BCUT2D eigenvalue weighted by atomic mass is 16.6. The number of nitrogens with one attached hydrogen (secondary N) is 1. The predicted octanol–water partition coefficient (Wildman–Crippen LogP) is 2.93. The smallest absolute Gasteiger partial charge is 0.411 e. The summed E-state index contributed by atoms with van der Waals surface area (Å²) >= 11 is 0. The van der Waals surface area contributed by atoms with Gasteiger partial charge in [0.1, 0.15) is 22.8 Å². The van der Waals surface area contributed by atoms with E-state index in [0.717, 1.165) is 4.90 Å². The maximum atomic E-state index is 12.7. The van der Waals surface area contributed by atoms with Crippen LogP contribution in [0.3, 0.4) is 0 Å². The number of rotatable bonds is 7. The van der Waals surface area contributed by atoms with Gasteiger partial charge in [0.05, 0.1) is 6.42 Å². The molecule has 0 radical (unpaired) electrons. The van der Waals surface area contributed by atoms with Crippen LogP contribution in [0.1, 0.15) is 68.7 Å². The molecule has 0 aliphatic rings. The Kier molecular flexibility index (Phi) is 9.61. The third kappa shape index (κ3) is 12.8. The van der Waals surface area contributed by atoms with Crippen LogP contribution in [0, 0.1) is 0 Å². The molecular weight excluding hydrogens is 396 g/mol. The van der Waals surface area contributed by atoms with Gasteiger partial charge in [0.15, 0.2) is 0 Å². The molecule has 2 N–H and O–H groups in total. The van der Waals surface area contributed by atoms with E-state index in [1.165, 1.54) is 0 Å². The Balaban J connectivity index is 5.57. The van der Waals surface area contributed by atoms with Crippen molar-refractivity contribution in [2.75, 3.05) is 13.1 Å². The van der Waals surface area contributed by atoms with Gasteiger partial charge >= 0.3 is 24.1 Å². The number of hydrogen-bond donors (Lipinski definition) is 2. The van der Waals surface area contributed by atoms with Gasteiger partial charge in [-0.3, -0.25) is 9.69 Å². The summed E-state index contributed by atoms with van der Waals surface area (Å²) in [5.74, 6) is -2.17. The van der Waals surface area contributed by atoms with Gasteiger partial charge in [-0.25, -0.2) is 14.4 Å². The van der Waals surface area contributed by atoms with Crippen LogP contribution in [0.5, 0.6) is 0 Å². The van der Waals surface area contributed by atoms with Gasteiger partial charge in [-0.2, -0.15) is 0 Å². The predicted molar refractivity (Wildman–Crippen MR) is 109 cm³/mol. The van der Waals surface area contributed by atoms with Crippen molar-refractivity contribution in [3.63, 3.8) is 0 Å². The minimum Gasteiger partial charge on any atom is -0.481 e. The number of ether oxygens (including phenoxy) is 3. The van der Waals surface area contributed by atoms with E-state index in [1.54, 1.807) is 62.3 Å². The molecule has 0 aromatic carbocycles. The summed E-state index contributed by atoms with van der Waals surface area (Å²) in [7, 11) is 0. The summed E-state index contributed by atoms with van der Waals surface area (Å²) in [6, 6.07) is -1.43. The molecule has 30 heavy (non-hydrogen) atoms. The average Bonchev–Trinajstić information content (AvgIpc) is 2.43. The van der Waals surface area contributed by atoms with Gasteiger partial charge in [0.2, 0.25) is 0 Å². The maximum absolute atomic E-state index is 12.7. The molecule has 1 atom stereocenters. The highest BCUT2D eigenvalue weighted by Gasteiger charge is 2.37. The minimum atomic E-state index is -1.43. The second kappa shape index (κ2) is 10.5. The highest BCUT2D eigenvalue weighted by molar-refractivity contribution is 5.86. The van der Waals surface area contributed by atoms with Gasteiger partial charge in [-0.1, -0.05) is 0 Å². The molecule has 0 aliphatic heterocycles. The SMILES string of the molecule is CC(C)(C)OC(=O)NCCN(C(=O)OC(C)(C)C)[C@@H](CC(=O)O)C(=O)OC(C)(C)C. The highest BCUT2D eigenvalue weighted by Crippen LogP contribution is 2.18. The number of esters is 1. The van der Waals surface area contributed by atoms with E-state index in [9.17, 15) is 24.3 Å². The summed E-state index contributed by atoms with van der Waals surface area (Å²) in [5.41, 5.74) is -2.48. The lowest BCUT2D eigenvalue weighted by molar-refractivity contribution is -0.164. The Morgan fingerprint density at radius 1 is 0.833 bits per heavy atom. The lowest BCUT2D eigenvalue weighted by atomic mass is 10.1. The van der Waals surface area contributed by atoms with Gasteiger partial charge < -0.3 is 24.6 Å². The first-order valence-electron chi connectivity index (χ1n) is 9.72. The third-order valence-electron chi connectivity index (χ3n) is 3.07. The molecule has 0 spiro atoms. The van der Waals surface area contributed by atoms with E-state index in [1.807, 2.05) is 0 Å². The van der Waals surface area contributed by atoms with Crippen LogP contribution in [0.4, 0.5) is 9.59 Å². The molecule has 0 saturated heterocycles. The van der Waals surface area contributed by atoms with E-state index < -0.39 is 53.4 Å². The quantitative estimate of drug-likeness (QED) is 0.464. The van der Waals surface area contributed by atoms with Crippen LogP contribution < -0.4 is 5.32 Å². The van der Waals surface area contributed by atoms with Crippen LogP contribution in [0.2, 0.25) is 0 Å². The first-order chi connectivity index (χ1) is 13.3. The van der Waals surface area contributed by atoms with Crippen molar-refractivity contribution in [2.45, 2.75) is 91.6 Å². The van der Waals surface area contributed by atoms with E-state index in [2.05, 4.69) is 5.32 Å². The van der Waals surface area contributed by atoms with Gasteiger partial charge in [0, 0.05) is 13.1 Å². The van der Waals surface area contributed by atoms with Crippen LogP contribution in [-0.2, 0) is 23.8 Å². The molecule has 0 aliphatic carbocycles. The second-order valence-corrected chi connectivity index (χ2v) is 9.75. The van der Waals surface area contributed by atoms with Crippen LogP contribution in [0.25, 0.3) is 0 Å². The Labute approximate surface area is 178 Å². The van der Waals surface area contributed by atoms with Gasteiger partial charge in [-0.15, -0.1) is 0 Å². The topological polar surface area (TPSA) is 131 Å². The zero-order valence-corrected chi connectivity index (χ0v) is 19.5. The first kappa shape index (κ1) is 27.5. The number of carbonyl (C=O) groups excluding carboxylic acids is 3. The lowest BCUT2D eigenvalue weighted by Gasteiger charge is -2.33. The van der Waals surface area contributed by atoms with Crippen molar-refractivity contribution in [2.24, 2.45) is 0 Å². The Morgan fingerprint density at radius 3 is 1.70 bits per heavy atom. The zero-order valence-electron chi connectivity index (χ0n) is 19.5. The van der Waals surface area contributed by atoms with Crippen molar-refractivity contribution in [3.8, 4) is 0 Å². The second-order valence-electron chi connectivity index (χ2n) is 9.75. The molecule has 2 amide bonds. The summed E-state index contributed by atoms with van der Waals surface area (Å²) in [4.78, 5) is 49.5. The maximum Gasteiger partial charge on any atom is 0.411 e. The molecular formula is C20H36N2O8. The standard InChI is InChI=1S/C20H36N2O8/c1-18(2,3)28-15(25)13(12-14(23)24)22(17(27)30-20(7,8)9)11-10-21-16(26)29-19(4,5)6/h13H,10-12H2,1-9H3,(H,21,26)(H,23,24)/t13-/m0/s1. The number of alkyl carbamates (subject to hydrolysis) is 1. The Hall–Kier alpha value is -2.52. The lowest BCUT2D eigenvalue weighted by Crippen LogP contribution is -2.52. The minimum absolute atomic E-state index is 0.0902. The number of carboxylic acids is 1. The summed E-state index contributed by atoms with van der Waals surface area (Å²) in [5, 5.41) is 11.7. The molecule has 174 valence electrons. The fraction of sp³-hybridized carbons (Fsp3) is 0.800. The Morgan fingerprint density at radius 2 is 1.30 bits per heavy atom. The summed E-state index contributed by atoms with van der Waals surface area (Å²) in [6.45, 7) is 14.6. The largest absolute Gasteiger partial charge is 0.481 e. The van der Waals surface area contributed by atoms with E-state index >= 15 is 0 Å². The molecule has 10 heteroatoms. The van der Waals surface area contributed by atoms with Gasteiger partial charge in [-0.05, 0) is 62.3 Å². The number of carboxylic acid groups (broad SMARTS) is 1. The number of nitrogens with zero attached hydrogens (tertiary/aromatic N) is 1. The van der Waals surface area contributed by atoms with Crippen LogP contribution in [-0.4, -0.2) is 70.1 Å². The third-order valence-corrected chi connectivity index (χ3v) is 3.07. The normalized spacial score (nSPS) is 13.1. The fourth-order valence-corrected chi connectivity index (χ4v) is 2.14. The molecule has 0 rings (SSSR count). The van der Waals surface area contributed by atoms with E-state index in [-0.39, 0.29) is 13.1 Å². The molecule has 0 fully saturated rings. The average molecular weight is 433 g/mol. The summed E-state index contributed by atoms with van der Waals surface area (Å²) in [6.07, 6.45) is -2.29. The molecule has 0 bridgehead atoms. The van der Waals surface area contributed by atoms with E-state index in [4.69, 9.17) is 14.2 Å².